The molecule has 0 saturated carbocycles. The van der Waals surface area contributed by atoms with Crippen LogP contribution in [0.4, 0.5) is 0 Å². The lowest BCUT2D eigenvalue weighted by molar-refractivity contribution is 0.397. The van der Waals surface area contributed by atoms with Gasteiger partial charge in [-0.05, 0) is 24.6 Å². The molecule has 5 heteroatoms. The van der Waals surface area contributed by atoms with Gasteiger partial charge in [-0.2, -0.15) is 0 Å². The second-order valence-electron chi connectivity index (χ2n) is 4.52. The number of methoxy groups -OCH3 is 1. The van der Waals surface area contributed by atoms with Gasteiger partial charge < -0.3 is 20.3 Å². The zero-order valence-corrected chi connectivity index (χ0v) is 11.5. The van der Waals surface area contributed by atoms with Crippen molar-refractivity contribution in [3.05, 3.63) is 47.7 Å². The van der Waals surface area contributed by atoms with Crippen LogP contribution < -0.4 is 10.1 Å². The molecule has 0 aliphatic carbocycles. The molecule has 0 spiro atoms. The molecule has 0 fully saturated rings. The largest absolute Gasteiger partial charge is 0.507 e. The van der Waals surface area contributed by atoms with Gasteiger partial charge in [0.05, 0.1) is 12.7 Å². The molecule has 1 atom stereocenters. The van der Waals surface area contributed by atoms with Gasteiger partial charge in [0, 0.05) is 24.8 Å². The van der Waals surface area contributed by atoms with Crippen molar-refractivity contribution in [2.75, 3.05) is 7.11 Å². The van der Waals surface area contributed by atoms with Gasteiger partial charge in [0.2, 0.25) is 5.88 Å². The van der Waals surface area contributed by atoms with Gasteiger partial charge in [-0.25, -0.2) is 4.98 Å². The Morgan fingerprint density at radius 3 is 2.45 bits per heavy atom. The Morgan fingerprint density at radius 1 is 1.20 bits per heavy atom. The number of phenolic OH excluding ortho intramolecular Hbond substituents is 2. The Morgan fingerprint density at radius 2 is 1.90 bits per heavy atom. The second kappa shape index (κ2) is 6.25. The number of nitrogens with one attached hydrogen (secondary N) is 1. The lowest BCUT2D eigenvalue weighted by atomic mass is 10.1. The molecule has 1 aromatic heterocycles. The fourth-order valence-electron chi connectivity index (χ4n) is 1.99. The SMILES string of the molecule is COc1ccc(CNC(C)c2c(O)cccc2O)cn1. The summed E-state index contributed by atoms with van der Waals surface area (Å²) in [6.07, 6.45) is 1.73. The van der Waals surface area contributed by atoms with Crippen LogP contribution in [0, 0.1) is 0 Å². The lowest BCUT2D eigenvalue weighted by Gasteiger charge is -2.16. The molecule has 1 unspecified atom stereocenters. The minimum Gasteiger partial charge on any atom is -0.507 e. The molecule has 2 aromatic rings. The molecule has 0 radical (unpaired) electrons. The number of ether oxygens (including phenoxy) is 1. The number of nitrogens with zero attached hydrogens (tertiary/aromatic N) is 1. The van der Waals surface area contributed by atoms with Crippen molar-refractivity contribution in [3.8, 4) is 17.4 Å². The second-order valence-corrected chi connectivity index (χ2v) is 4.52. The van der Waals surface area contributed by atoms with E-state index in [2.05, 4.69) is 10.3 Å². The van der Waals surface area contributed by atoms with Crippen molar-refractivity contribution >= 4 is 0 Å². The average molecular weight is 274 g/mol. The van der Waals surface area contributed by atoms with E-state index in [-0.39, 0.29) is 17.5 Å². The van der Waals surface area contributed by atoms with Crippen LogP contribution in [0.1, 0.15) is 24.1 Å². The summed E-state index contributed by atoms with van der Waals surface area (Å²) < 4.78 is 5.00. The van der Waals surface area contributed by atoms with Crippen LogP contribution in [0.5, 0.6) is 17.4 Å². The highest BCUT2D eigenvalue weighted by atomic mass is 16.5. The number of benzene rings is 1. The van der Waals surface area contributed by atoms with Crippen molar-refractivity contribution in [3.63, 3.8) is 0 Å². The Labute approximate surface area is 117 Å². The number of hydrogen-bond acceptors (Lipinski definition) is 5. The molecule has 0 aliphatic rings. The van der Waals surface area contributed by atoms with E-state index in [4.69, 9.17) is 4.74 Å². The van der Waals surface area contributed by atoms with Crippen LogP contribution in [0.25, 0.3) is 0 Å². The Hall–Kier alpha value is -2.27. The lowest BCUT2D eigenvalue weighted by Crippen LogP contribution is -2.18. The van der Waals surface area contributed by atoms with Crippen LogP contribution >= 0.6 is 0 Å². The predicted octanol–water partition coefficient (Wildman–Crippen LogP) is 2.35. The number of pyridine rings is 1. The number of phenols is 2. The summed E-state index contributed by atoms with van der Waals surface area (Å²) in [4.78, 5) is 4.12. The van der Waals surface area contributed by atoms with E-state index in [1.165, 1.54) is 0 Å². The first-order chi connectivity index (χ1) is 9.61. The molecule has 3 N–H and O–H groups in total. The molecule has 0 saturated heterocycles. The third-order valence-corrected chi connectivity index (χ3v) is 3.11. The van der Waals surface area contributed by atoms with Crippen LogP contribution in [0.15, 0.2) is 36.5 Å². The average Bonchev–Trinajstić information content (AvgIpc) is 2.45. The van der Waals surface area contributed by atoms with E-state index in [0.717, 1.165) is 5.56 Å². The first-order valence-electron chi connectivity index (χ1n) is 6.35. The summed E-state index contributed by atoms with van der Waals surface area (Å²) in [6, 6.07) is 8.24. The maximum atomic E-state index is 9.80. The van der Waals surface area contributed by atoms with Crippen LogP contribution in [0.3, 0.4) is 0 Å². The fourth-order valence-corrected chi connectivity index (χ4v) is 1.99. The zero-order chi connectivity index (χ0) is 14.5. The van der Waals surface area contributed by atoms with Gasteiger partial charge >= 0.3 is 0 Å². The summed E-state index contributed by atoms with van der Waals surface area (Å²) in [7, 11) is 1.57. The highest BCUT2D eigenvalue weighted by molar-refractivity contribution is 5.44. The monoisotopic (exact) mass is 274 g/mol. The molecule has 1 heterocycles. The summed E-state index contributed by atoms with van der Waals surface area (Å²) in [6.45, 7) is 2.46. The predicted molar refractivity (Wildman–Crippen MR) is 75.8 cm³/mol. The van der Waals surface area contributed by atoms with Crippen molar-refractivity contribution in [1.29, 1.82) is 0 Å². The van der Waals surface area contributed by atoms with Gasteiger partial charge in [-0.3, -0.25) is 0 Å². The quantitative estimate of drug-likeness (QED) is 0.780. The standard InChI is InChI=1S/C15H18N2O3/c1-10(15-12(18)4-3-5-13(15)19)16-8-11-6-7-14(20-2)17-9-11/h3-7,9-10,16,18-19H,8H2,1-2H3. The molecule has 1 aromatic carbocycles. The van der Waals surface area contributed by atoms with Gasteiger partial charge in [0.25, 0.3) is 0 Å². The van der Waals surface area contributed by atoms with Crippen LogP contribution in [-0.4, -0.2) is 22.3 Å². The van der Waals surface area contributed by atoms with Crippen LogP contribution in [-0.2, 0) is 6.54 Å². The maximum absolute atomic E-state index is 9.80. The minimum absolute atomic E-state index is 0.0813. The highest BCUT2D eigenvalue weighted by Crippen LogP contribution is 2.32. The number of aromatic nitrogens is 1. The van der Waals surface area contributed by atoms with E-state index in [1.54, 1.807) is 37.6 Å². The van der Waals surface area contributed by atoms with E-state index in [0.29, 0.717) is 18.0 Å². The fraction of sp³-hybridized carbons (Fsp3) is 0.267. The van der Waals surface area contributed by atoms with Crippen molar-refractivity contribution < 1.29 is 14.9 Å². The smallest absolute Gasteiger partial charge is 0.212 e. The van der Waals surface area contributed by atoms with E-state index >= 15 is 0 Å². The van der Waals surface area contributed by atoms with Gasteiger partial charge in [-0.1, -0.05) is 12.1 Å². The molecule has 0 aliphatic heterocycles. The summed E-state index contributed by atoms with van der Waals surface area (Å²) >= 11 is 0. The van der Waals surface area contributed by atoms with Crippen LogP contribution in [0.2, 0.25) is 0 Å². The van der Waals surface area contributed by atoms with Crippen molar-refractivity contribution in [2.45, 2.75) is 19.5 Å². The maximum Gasteiger partial charge on any atom is 0.212 e. The van der Waals surface area contributed by atoms with Gasteiger partial charge in [0.1, 0.15) is 11.5 Å². The molecule has 20 heavy (non-hydrogen) atoms. The van der Waals surface area contributed by atoms with Gasteiger partial charge in [-0.15, -0.1) is 0 Å². The normalized spacial score (nSPS) is 12.1. The summed E-state index contributed by atoms with van der Waals surface area (Å²) in [5.74, 6) is 0.732. The number of aromatic hydroxyl groups is 2. The molecule has 0 bridgehead atoms. The Bertz CT molecular complexity index is 550. The molecular formula is C15H18N2O3. The Balaban J connectivity index is 2.02. The number of rotatable bonds is 5. The van der Waals surface area contributed by atoms with Crippen molar-refractivity contribution in [1.82, 2.24) is 10.3 Å². The zero-order valence-electron chi connectivity index (χ0n) is 11.5. The molecule has 5 nitrogen and oxygen atoms in total. The highest BCUT2D eigenvalue weighted by Gasteiger charge is 2.14. The minimum atomic E-state index is -0.182. The molecule has 106 valence electrons. The molecule has 2 rings (SSSR count). The summed E-state index contributed by atoms with van der Waals surface area (Å²) in [5, 5.41) is 22.8. The Kier molecular flexibility index (Phi) is 4.42. The number of hydrogen-bond donors (Lipinski definition) is 3. The van der Waals surface area contributed by atoms with E-state index < -0.39 is 0 Å². The van der Waals surface area contributed by atoms with E-state index in [9.17, 15) is 10.2 Å². The molecular weight excluding hydrogens is 256 g/mol. The first kappa shape index (κ1) is 14.1. The molecule has 0 amide bonds. The summed E-state index contributed by atoms with van der Waals surface area (Å²) in [5.41, 5.74) is 1.49. The van der Waals surface area contributed by atoms with Gasteiger partial charge in [0.15, 0.2) is 0 Å². The van der Waals surface area contributed by atoms with E-state index in [1.807, 2.05) is 13.0 Å². The third-order valence-electron chi connectivity index (χ3n) is 3.11. The van der Waals surface area contributed by atoms with Crippen molar-refractivity contribution in [2.24, 2.45) is 0 Å². The topological polar surface area (TPSA) is 74.6 Å². The third kappa shape index (κ3) is 3.19. The first-order valence-corrected chi connectivity index (χ1v) is 6.35.